The molecule has 0 fully saturated rings. The summed E-state index contributed by atoms with van der Waals surface area (Å²) in [4.78, 5) is 30.1. The number of aromatic nitrogens is 4. The predicted molar refractivity (Wildman–Crippen MR) is 118 cm³/mol. The number of para-hydroxylation sites is 1. The number of hydrogen-bond acceptors (Lipinski definition) is 4. The molecule has 8 heteroatoms. The number of benzene rings is 2. The second-order valence-corrected chi connectivity index (χ2v) is 7.42. The molecular weight excluding hydrogens is 398 g/mol. The zero-order valence-electron chi connectivity index (χ0n) is 16.7. The van der Waals surface area contributed by atoms with Gasteiger partial charge in [-0.2, -0.15) is 5.10 Å². The molecule has 0 aliphatic rings. The van der Waals surface area contributed by atoms with Crippen LogP contribution in [0.2, 0.25) is 0 Å². The first-order valence-electron chi connectivity index (χ1n) is 9.59. The van der Waals surface area contributed by atoms with E-state index >= 15 is 0 Å². The van der Waals surface area contributed by atoms with Gasteiger partial charge in [0.2, 0.25) is 0 Å². The lowest BCUT2D eigenvalue weighted by Crippen LogP contribution is -2.26. The van der Waals surface area contributed by atoms with Crippen molar-refractivity contribution in [3.8, 4) is 5.69 Å². The third-order valence-corrected chi connectivity index (χ3v) is 5.29. The molecule has 2 aromatic heterocycles. The van der Waals surface area contributed by atoms with Gasteiger partial charge in [-0.05, 0) is 49.5 Å². The normalized spacial score (nSPS) is 11.0. The Kier molecular flexibility index (Phi) is 5.33. The molecule has 4 rings (SSSR count). The Bertz CT molecular complexity index is 1340. The van der Waals surface area contributed by atoms with E-state index in [1.807, 2.05) is 43.5 Å². The van der Waals surface area contributed by atoms with Crippen LogP contribution in [0.3, 0.4) is 0 Å². The van der Waals surface area contributed by atoms with E-state index in [1.54, 1.807) is 41.0 Å². The summed E-state index contributed by atoms with van der Waals surface area (Å²) < 4.78 is 3.62. The van der Waals surface area contributed by atoms with Gasteiger partial charge < -0.3 is 9.88 Å². The first-order chi connectivity index (χ1) is 14.5. The number of carbonyl (C=O) groups excluding carboxylic acids is 1. The third kappa shape index (κ3) is 3.69. The number of hydrogen-bond donors (Lipinski definition) is 1. The smallest absolute Gasteiger partial charge is 0.262 e. The van der Waals surface area contributed by atoms with E-state index in [9.17, 15) is 9.59 Å². The second kappa shape index (κ2) is 8.08. The maximum atomic E-state index is 12.9. The van der Waals surface area contributed by atoms with Crippen LogP contribution in [0, 0.1) is 4.77 Å². The molecule has 0 unspecified atom stereocenters. The van der Waals surface area contributed by atoms with Gasteiger partial charge in [0.1, 0.15) is 0 Å². The van der Waals surface area contributed by atoms with Gasteiger partial charge in [-0.3, -0.25) is 14.2 Å². The van der Waals surface area contributed by atoms with Crippen LogP contribution in [-0.4, -0.2) is 37.2 Å². The highest BCUT2D eigenvalue weighted by Gasteiger charge is 2.15. The lowest BCUT2D eigenvalue weighted by atomic mass is 10.1. The number of fused-ring (bicyclic) bond motifs is 1. The molecule has 7 nitrogen and oxygen atoms in total. The lowest BCUT2D eigenvalue weighted by molar-refractivity contribution is 0.0785. The Balaban J connectivity index is 1.57. The van der Waals surface area contributed by atoms with E-state index in [4.69, 9.17) is 12.2 Å². The van der Waals surface area contributed by atoms with Crippen LogP contribution in [0.15, 0.2) is 65.7 Å². The van der Waals surface area contributed by atoms with Crippen LogP contribution in [0.4, 0.5) is 0 Å². The minimum absolute atomic E-state index is 0.150. The average Bonchev–Trinajstić information content (AvgIpc) is 3.22. The van der Waals surface area contributed by atoms with Gasteiger partial charge >= 0.3 is 0 Å². The van der Waals surface area contributed by atoms with E-state index in [0.29, 0.717) is 34.3 Å². The van der Waals surface area contributed by atoms with Crippen LogP contribution in [0.25, 0.3) is 16.6 Å². The number of carbonyl (C=O) groups is 1. The minimum Gasteiger partial charge on any atom is -0.337 e. The molecule has 1 amide bonds. The van der Waals surface area contributed by atoms with Crippen molar-refractivity contribution in [1.29, 1.82) is 0 Å². The van der Waals surface area contributed by atoms with E-state index in [2.05, 4.69) is 10.1 Å². The standard InChI is InChI=1S/C22H21N5O2S/c1-3-26-21(29)18-10-9-16(11-19(18)24-22(26)30)20(28)25(2)13-15-12-23-27(14-15)17-7-5-4-6-8-17/h4-12,14H,3,13H2,1-2H3,(H,24,30). The number of H-pyrrole nitrogens is 1. The van der Waals surface area contributed by atoms with Gasteiger partial charge in [0.05, 0.1) is 22.8 Å². The molecule has 0 aliphatic carbocycles. The molecule has 0 saturated heterocycles. The Morgan fingerprint density at radius 2 is 1.97 bits per heavy atom. The van der Waals surface area contributed by atoms with E-state index in [1.165, 1.54) is 4.57 Å². The Morgan fingerprint density at radius 3 is 2.70 bits per heavy atom. The topological polar surface area (TPSA) is 75.9 Å². The highest BCUT2D eigenvalue weighted by atomic mass is 32.1. The molecule has 0 saturated carbocycles. The van der Waals surface area contributed by atoms with Gasteiger partial charge in [0.25, 0.3) is 11.5 Å². The summed E-state index contributed by atoms with van der Waals surface area (Å²) in [5, 5.41) is 4.88. The van der Waals surface area contributed by atoms with Crippen molar-refractivity contribution in [2.75, 3.05) is 7.05 Å². The summed E-state index contributed by atoms with van der Waals surface area (Å²) in [6, 6.07) is 14.8. The molecule has 2 heterocycles. The fraction of sp³-hybridized carbons (Fsp3) is 0.182. The summed E-state index contributed by atoms with van der Waals surface area (Å²) in [5.74, 6) is -0.150. The molecule has 0 aliphatic heterocycles. The average molecular weight is 420 g/mol. The van der Waals surface area contributed by atoms with Crippen LogP contribution >= 0.6 is 12.2 Å². The number of aromatic amines is 1. The fourth-order valence-corrected chi connectivity index (χ4v) is 3.73. The number of amides is 1. The lowest BCUT2D eigenvalue weighted by Gasteiger charge is -2.16. The van der Waals surface area contributed by atoms with Gasteiger partial charge in [-0.1, -0.05) is 18.2 Å². The predicted octanol–water partition coefficient (Wildman–Crippen LogP) is 3.54. The van der Waals surface area contributed by atoms with E-state index in [-0.39, 0.29) is 11.5 Å². The Morgan fingerprint density at radius 1 is 1.20 bits per heavy atom. The van der Waals surface area contributed by atoms with Crippen LogP contribution in [-0.2, 0) is 13.1 Å². The quantitative estimate of drug-likeness (QED) is 0.502. The summed E-state index contributed by atoms with van der Waals surface area (Å²) in [6.07, 6.45) is 3.66. The largest absolute Gasteiger partial charge is 0.337 e. The van der Waals surface area contributed by atoms with Crippen molar-refractivity contribution in [2.24, 2.45) is 0 Å². The number of rotatable bonds is 5. The van der Waals surface area contributed by atoms with E-state index < -0.39 is 0 Å². The van der Waals surface area contributed by atoms with Crippen molar-refractivity contribution in [1.82, 2.24) is 24.2 Å². The summed E-state index contributed by atoms with van der Waals surface area (Å²) in [7, 11) is 1.74. The van der Waals surface area contributed by atoms with Crippen molar-refractivity contribution in [2.45, 2.75) is 20.0 Å². The minimum atomic E-state index is -0.156. The van der Waals surface area contributed by atoms with Crippen LogP contribution in [0.5, 0.6) is 0 Å². The molecule has 2 aromatic carbocycles. The van der Waals surface area contributed by atoms with E-state index in [0.717, 1.165) is 11.3 Å². The van der Waals surface area contributed by atoms with Gasteiger partial charge in [0, 0.05) is 37.5 Å². The fourth-order valence-electron chi connectivity index (χ4n) is 3.40. The molecule has 0 atom stereocenters. The molecule has 4 aromatic rings. The molecule has 0 radical (unpaired) electrons. The van der Waals surface area contributed by atoms with Crippen LogP contribution < -0.4 is 5.56 Å². The van der Waals surface area contributed by atoms with Crippen molar-refractivity contribution < 1.29 is 4.79 Å². The Labute approximate surface area is 178 Å². The molecular formula is C22H21N5O2S. The van der Waals surface area contributed by atoms with Gasteiger partial charge in [-0.15, -0.1) is 0 Å². The SMILES string of the molecule is CCn1c(=S)[nH]c2cc(C(=O)N(C)Cc3cnn(-c4ccccc4)c3)ccc2c1=O. The number of nitrogens with one attached hydrogen (secondary N) is 1. The maximum Gasteiger partial charge on any atom is 0.262 e. The highest BCUT2D eigenvalue weighted by Crippen LogP contribution is 2.15. The van der Waals surface area contributed by atoms with Crippen molar-refractivity contribution in [3.63, 3.8) is 0 Å². The van der Waals surface area contributed by atoms with Gasteiger partial charge in [0.15, 0.2) is 4.77 Å². The molecule has 30 heavy (non-hydrogen) atoms. The highest BCUT2D eigenvalue weighted by molar-refractivity contribution is 7.71. The Hall–Kier alpha value is -3.52. The summed E-state index contributed by atoms with van der Waals surface area (Å²) in [6.45, 7) is 2.77. The molecule has 1 N–H and O–H groups in total. The zero-order valence-corrected chi connectivity index (χ0v) is 17.5. The second-order valence-electron chi connectivity index (χ2n) is 7.03. The number of nitrogens with zero attached hydrogens (tertiary/aromatic N) is 4. The summed E-state index contributed by atoms with van der Waals surface area (Å²) >= 11 is 5.26. The summed E-state index contributed by atoms with van der Waals surface area (Å²) in [5.41, 5.74) is 2.77. The van der Waals surface area contributed by atoms with Crippen molar-refractivity contribution in [3.05, 3.63) is 87.2 Å². The molecule has 0 spiro atoms. The van der Waals surface area contributed by atoms with Crippen molar-refractivity contribution >= 4 is 29.0 Å². The maximum absolute atomic E-state index is 12.9. The van der Waals surface area contributed by atoms with Gasteiger partial charge in [-0.25, -0.2) is 4.68 Å². The molecule has 152 valence electrons. The first kappa shape index (κ1) is 19.8. The zero-order chi connectivity index (χ0) is 21.3. The monoisotopic (exact) mass is 419 g/mol. The first-order valence-corrected chi connectivity index (χ1v) is 10.00. The third-order valence-electron chi connectivity index (χ3n) is 4.97. The van der Waals surface area contributed by atoms with Crippen LogP contribution in [0.1, 0.15) is 22.8 Å². The molecule has 0 bridgehead atoms.